The van der Waals surface area contributed by atoms with E-state index in [9.17, 15) is 4.79 Å². The Balaban J connectivity index is 1.29. The molecule has 0 bridgehead atoms. The number of hydrogen-bond donors (Lipinski definition) is 1. The zero-order valence-electron chi connectivity index (χ0n) is 15.2. The number of aromatic nitrogens is 1. The number of ether oxygens (including phenoxy) is 1. The van der Waals surface area contributed by atoms with Crippen LogP contribution in [0.5, 0.6) is 5.75 Å². The second-order valence-electron chi connectivity index (χ2n) is 7.32. The third kappa shape index (κ3) is 4.10. The van der Waals surface area contributed by atoms with E-state index >= 15 is 0 Å². The topological polar surface area (TPSA) is 48.6 Å². The number of piperazine rings is 1. The van der Waals surface area contributed by atoms with E-state index in [-0.39, 0.29) is 5.91 Å². The molecule has 0 radical (unpaired) electrons. The van der Waals surface area contributed by atoms with Crippen molar-refractivity contribution in [3.63, 3.8) is 0 Å². The Morgan fingerprint density at radius 2 is 1.88 bits per heavy atom. The lowest BCUT2D eigenvalue weighted by Gasteiger charge is -2.34. The molecule has 1 saturated heterocycles. The smallest absolute Gasteiger partial charge is 0.270 e. The van der Waals surface area contributed by atoms with Gasteiger partial charge in [-0.25, -0.2) is 0 Å². The molecule has 26 heavy (non-hydrogen) atoms. The van der Waals surface area contributed by atoms with Gasteiger partial charge in [-0.3, -0.25) is 9.69 Å². The molecule has 2 aliphatic rings. The van der Waals surface area contributed by atoms with Crippen molar-refractivity contribution in [2.75, 3.05) is 26.2 Å². The summed E-state index contributed by atoms with van der Waals surface area (Å²) in [6.07, 6.45) is 7.13. The highest BCUT2D eigenvalue weighted by Gasteiger charge is 2.23. The van der Waals surface area contributed by atoms with Gasteiger partial charge < -0.3 is 14.6 Å². The monoisotopic (exact) mass is 353 g/mol. The largest absolute Gasteiger partial charge is 0.490 e. The average Bonchev–Trinajstić information content (AvgIpc) is 3.36. The maximum Gasteiger partial charge on any atom is 0.270 e. The number of carbonyl (C=O) groups excluding carboxylic acids is 1. The molecule has 4 rings (SSSR count). The fraction of sp³-hybridized carbons (Fsp3) is 0.476. The SMILES string of the molecule is O=C(c1ccc[nH]1)N1CCN(Cc2cccc(OC3CCCC3)c2)CC1. The first-order valence-corrected chi connectivity index (χ1v) is 9.68. The third-order valence-corrected chi connectivity index (χ3v) is 5.40. The van der Waals surface area contributed by atoms with E-state index in [1.54, 1.807) is 6.20 Å². The van der Waals surface area contributed by atoms with Crippen LogP contribution < -0.4 is 4.74 Å². The van der Waals surface area contributed by atoms with Crippen molar-refractivity contribution in [2.45, 2.75) is 38.3 Å². The normalized spacial score (nSPS) is 19.0. The molecule has 2 fully saturated rings. The molecule has 1 aromatic heterocycles. The van der Waals surface area contributed by atoms with Crippen molar-refractivity contribution < 1.29 is 9.53 Å². The van der Waals surface area contributed by atoms with Gasteiger partial charge >= 0.3 is 0 Å². The molecular weight excluding hydrogens is 326 g/mol. The first-order chi connectivity index (χ1) is 12.8. The van der Waals surface area contributed by atoms with Gasteiger partial charge in [0.05, 0.1) is 6.10 Å². The Hall–Kier alpha value is -2.27. The summed E-state index contributed by atoms with van der Waals surface area (Å²) in [5.41, 5.74) is 1.96. The van der Waals surface area contributed by atoms with Crippen LogP contribution in [0.15, 0.2) is 42.6 Å². The van der Waals surface area contributed by atoms with Gasteiger partial charge in [0.15, 0.2) is 0 Å². The summed E-state index contributed by atoms with van der Waals surface area (Å²) >= 11 is 0. The lowest BCUT2D eigenvalue weighted by molar-refractivity contribution is 0.0623. The zero-order valence-corrected chi connectivity index (χ0v) is 15.2. The van der Waals surface area contributed by atoms with Gasteiger partial charge in [0.1, 0.15) is 11.4 Å². The van der Waals surface area contributed by atoms with E-state index in [0.717, 1.165) is 38.5 Å². The molecule has 1 aromatic carbocycles. The molecule has 1 amide bonds. The summed E-state index contributed by atoms with van der Waals surface area (Å²) in [5, 5.41) is 0. The second-order valence-corrected chi connectivity index (χ2v) is 7.32. The lowest BCUT2D eigenvalue weighted by atomic mass is 10.1. The second kappa shape index (κ2) is 7.96. The summed E-state index contributed by atoms with van der Waals surface area (Å²) in [5.74, 6) is 1.09. The van der Waals surface area contributed by atoms with Crippen LogP contribution in [0.25, 0.3) is 0 Å². The minimum absolute atomic E-state index is 0.0987. The quantitative estimate of drug-likeness (QED) is 0.897. The van der Waals surface area contributed by atoms with Crippen LogP contribution in [-0.4, -0.2) is 53.0 Å². The van der Waals surface area contributed by atoms with Crippen LogP contribution in [0, 0.1) is 0 Å². The predicted octanol–water partition coefficient (Wildman–Crippen LogP) is 3.29. The summed E-state index contributed by atoms with van der Waals surface area (Å²) in [4.78, 5) is 19.7. The molecule has 5 nitrogen and oxygen atoms in total. The maximum atomic E-state index is 12.4. The molecular formula is C21H27N3O2. The summed E-state index contributed by atoms with van der Waals surface area (Å²) in [7, 11) is 0. The van der Waals surface area contributed by atoms with Crippen LogP contribution in [0.2, 0.25) is 0 Å². The standard InChI is InChI=1S/C21H27N3O2/c25-21(20-9-4-10-22-20)24-13-11-23(12-14-24)16-17-5-3-8-19(15-17)26-18-6-1-2-7-18/h3-5,8-10,15,18,22H,1-2,6-7,11-14,16H2. The Bertz CT molecular complexity index is 715. The molecule has 138 valence electrons. The number of nitrogens with one attached hydrogen (secondary N) is 1. The van der Waals surface area contributed by atoms with Crippen LogP contribution in [0.3, 0.4) is 0 Å². The summed E-state index contributed by atoms with van der Waals surface area (Å²) < 4.78 is 6.12. The van der Waals surface area contributed by atoms with E-state index in [0.29, 0.717) is 11.8 Å². The van der Waals surface area contributed by atoms with Gasteiger partial charge in [-0.05, 0) is 55.5 Å². The number of benzene rings is 1. The van der Waals surface area contributed by atoms with Gasteiger partial charge in [-0.15, -0.1) is 0 Å². The highest BCUT2D eigenvalue weighted by Crippen LogP contribution is 2.25. The van der Waals surface area contributed by atoms with Gasteiger partial charge in [0, 0.05) is 38.9 Å². The van der Waals surface area contributed by atoms with Gasteiger partial charge in [0.2, 0.25) is 0 Å². The lowest BCUT2D eigenvalue weighted by Crippen LogP contribution is -2.48. The Morgan fingerprint density at radius 1 is 1.08 bits per heavy atom. The van der Waals surface area contributed by atoms with E-state index < -0.39 is 0 Å². The van der Waals surface area contributed by atoms with Crippen LogP contribution in [0.1, 0.15) is 41.7 Å². The first-order valence-electron chi connectivity index (χ1n) is 9.68. The molecule has 1 N–H and O–H groups in total. The Morgan fingerprint density at radius 3 is 2.62 bits per heavy atom. The van der Waals surface area contributed by atoms with Crippen molar-refractivity contribution in [2.24, 2.45) is 0 Å². The fourth-order valence-electron chi connectivity index (χ4n) is 3.92. The Kier molecular flexibility index (Phi) is 5.25. The molecule has 2 aromatic rings. The number of H-pyrrole nitrogens is 1. The van der Waals surface area contributed by atoms with Crippen LogP contribution in [0.4, 0.5) is 0 Å². The van der Waals surface area contributed by atoms with E-state index in [1.165, 1.54) is 31.2 Å². The van der Waals surface area contributed by atoms with Crippen molar-refractivity contribution in [1.29, 1.82) is 0 Å². The molecule has 0 atom stereocenters. The van der Waals surface area contributed by atoms with E-state index in [4.69, 9.17) is 4.74 Å². The molecule has 1 aliphatic heterocycles. The molecule has 0 unspecified atom stereocenters. The highest BCUT2D eigenvalue weighted by atomic mass is 16.5. The number of hydrogen-bond acceptors (Lipinski definition) is 3. The zero-order chi connectivity index (χ0) is 17.8. The van der Waals surface area contributed by atoms with Crippen molar-refractivity contribution in [3.05, 3.63) is 53.9 Å². The molecule has 1 saturated carbocycles. The number of rotatable bonds is 5. The van der Waals surface area contributed by atoms with Crippen molar-refractivity contribution >= 4 is 5.91 Å². The van der Waals surface area contributed by atoms with E-state index in [1.807, 2.05) is 17.0 Å². The molecule has 1 aliphatic carbocycles. The number of amides is 1. The minimum Gasteiger partial charge on any atom is -0.490 e. The summed E-state index contributed by atoms with van der Waals surface area (Å²) in [6.45, 7) is 4.26. The number of aromatic amines is 1. The maximum absolute atomic E-state index is 12.4. The number of carbonyl (C=O) groups is 1. The average molecular weight is 353 g/mol. The third-order valence-electron chi connectivity index (χ3n) is 5.40. The van der Waals surface area contributed by atoms with Crippen molar-refractivity contribution in [1.82, 2.24) is 14.8 Å². The molecule has 0 spiro atoms. The summed E-state index contributed by atoms with van der Waals surface area (Å²) in [6, 6.07) is 12.2. The van der Waals surface area contributed by atoms with Crippen LogP contribution >= 0.6 is 0 Å². The predicted molar refractivity (Wildman–Crippen MR) is 101 cm³/mol. The minimum atomic E-state index is 0.0987. The number of nitrogens with zero attached hydrogens (tertiary/aromatic N) is 2. The first kappa shape index (κ1) is 17.2. The Labute approximate surface area is 154 Å². The van der Waals surface area contributed by atoms with Gasteiger partial charge in [-0.2, -0.15) is 0 Å². The molecule has 2 heterocycles. The van der Waals surface area contributed by atoms with Crippen LogP contribution in [-0.2, 0) is 6.54 Å². The molecule has 5 heteroatoms. The highest BCUT2D eigenvalue weighted by molar-refractivity contribution is 5.92. The fourth-order valence-corrected chi connectivity index (χ4v) is 3.92. The van der Waals surface area contributed by atoms with Crippen molar-refractivity contribution in [3.8, 4) is 5.75 Å². The van der Waals surface area contributed by atoms with Gasteiger partial charge in [-0.1, -0.05) is 12.1 Å². The van der Waals surface area contributed by atoms with Gasteiger partial charge in [0.25, 0.3) is 5.91 Å². The van der Waals surface area contributed by atoms with E-state index in [2.05, 4.69) is 34.1 Å².